The van der Waals surface area contributed by atoms with E-state index in [-0.39, 0.29) is 119 Å². The van der Waals surface area contributed by atoms with Gasteiger partial charge in [0.25, 0.3) is 0 Å². The first-order valence-electron chi connectivity index (χ1n) is 7.02. The van der Waals surface area contributed by atoms with Crippen LogP contribution in [-0.2, 0) is 29.5 Å². The van der Waals surface area contributed by atoms with E-state index in [0.29, 0.717) is 0 Å². The van der Waals surface area contributed by atoms with E-state index in [1.54, 1.807) is 0 Å². The van der Waals surface area contributed by atoms with Crippen LogP contribution in [0.15, 0.2) is 23.0 Å². The Morgan fingerprint density at radius 3 is 1.19 bits per heavy atom. The molecule has 0 fully saturated rings. The van der Waals surface area contributed by atoms with Crippen LogP contribution in [0.5, 0.6) is 0 Å². The number of aliphatic hydroxyl groups excluding tert-OH is 6. The number of esters is 2. The van der Waals surface area contributed by atoms with Gasteiger partial charge in [0.15, 0.2) is 11.5 Å². The van der Waals surface area contributed by atoms with Crippen LogP contribution in [0.3, 0.4) is 0 Å². The van der Waals surface area contributed by atoms with Gasteiger partial charge in [0, 0.05) is 10.4 Å². The molecule has 2 rings (SSSR count). The maximum absolute atomic E-state index is 10.8. The summed E-state index contributed by atoms with van der Waals surface area (Å²) in [6.45, 7) is -1.42. The molecule has 0 aromatic rings. The van der Waals surface area contributed by atoms with E-state index in [9.17, 15) is 19.8 Å². The Labute approximate surface area is 274 Å². The molecule has 20 heteroatoms. The predicted octanol–water partition coefficient (Wildman–Crippen LogP) is -12.9. The molecule has 32 heavy (non-hydrogen) atoms. The van der Waals surface area contributed by atoms with Crippen molar-refractivity contribution in [1.29, 1.82) is 0 Å². The molecule has 2 aliphatic heterocycles. The molecule has 0 aromatic heterocycles. The molecule has 16 nitrogen and oxygen atoms in total. The second kappa shape index (κ2) is 18.5. The molecule has 0 unspecified atom stereocenters. The normalized spacial score (nSPS) is 21.2. The fourth-order valence-corrected chi connectivity index (χ4v) is 1.62. The summed E-state index contributed by atoms with van der Waals surface area (Å²) < 4.78 is 42.6. The smallest absolute Gasteiger partial charge is 0.870 e. The third-order valence-corrected chi connectivity index (χ3v) is 2.91. The van der Waals surface area contributed by atoms with Crippen molar-refractivity contribution in [2.24, 2.45) is 0 Å². The van der Waals surface area contributed by atoms with Crippen molar-refractivity contribution in [1.82, 2.24) is 0 Å². The number of ether oxygens (including phenoxy) is 2. The van der Waals surface area contributed by atoms with Gasteiger partial charge in [-0.1, -0.05) is 0 Å². The van der Waals surface area contributed by atoms with Crippen LogP contribution in [0.4, 0.5) is 0 Å². The minimum atomic E-state index is -5.17. The molecule has 2 heterocycles. The third-order valence-electron chi connectivity index (χ3n) is 2.91. The Kier molecular flexibility index (Phi) is 23.3. The third kappa shape index (κ3) is 13.9. The zero-order chi connectivity index (χ0) is 23.1. The summed E-state index contributed by atoms with van der Waals surface area (Å²) in [6, 6.07) is 0. The van der Waals surface area contributed by atoms with Crippen LogP contribution in [0.1, 0.15) is 0 Å². The zero-order valence-corrected chi connectivity index (χ0v) is 24.8. The summed E-state index contributed by atoms with van der Waals surface area (Å²) in [5.74, 6) is -6.40. The van der Waals surface area contributed by atoms with E-state index in [1.165, 1.54) is 0 Å². The monoisotopic (exact) mass is 548 g/mol. The van der Waals surface area contributed by atoms with Gasteiger partial charge < -0.3 is 59.4 Å². The van der Waals surface area contributed by atoms with Crippen molar-refractivity contribution in [2.75, 3.05) is 13.2 Å². The van der Waals surface area contributed by atoms with E-state index in [4.69, 9.17) is 48.2 Å². The molecular formula is C12H14CaKNaO16S. The summed E-state index contributed by atoms with van der Waals surface area (Å²) in [5, 5.41) is 73.6. The first kappa shape index (κ1) is 40.4. The van der Waals surface area contributed by atoms with Crippen molar-refractivity contribution in [3.8, 4) is 0 Å². The standard InChI is InChI=1S/2C6H8O6.Ca.K.Na.H2O4S/c2*7-1-2(8)5-3(9)4(10)6(11)12-5;;;;1-5(2,3)4/h2*2,5,7-10H,1H2;;;;(H2,1,2,3,4)/q;;+2;2*+1;/p-4/t2*2-,5+;;;;/m00..../s1. The minimum Gasteiger partial charge on any atom is -0.870 e. The fourth-order valence-electron chi connectivity index (χ4n) is 1.62. The molecule has 0 amide bonds. The quantitative estimate of drug-likeness (QED) is 0.0822. The number of rotatable bonds is 4. The molecule has 0 spiro atoms. The van der Waals surface area contributed by atoms with Gasteiger partial charge in [-0.3, -0.25) is 8.42 Å². The van der Waals surface area contributed by atoms with E-state index >= 15 is 0 Å². The predicted molar refractivity (Wildman–Crippen MR) is 81.5 cm³/mol. The van der Waals surface area contributed by atoms with Crippen LogP contribution in [-0.4, -0.2) is 135 Å². The Morgan fingerprint density at radius 1 is 0.844 bits per heavy atom. The maximum Gasteiger partial charge on any atom is 2.00 e. The van der Waals surface area contributed by atoms with E-state index in [2.05, 4.69) is 9.47 Å². The number of carbonyl (C=O) groups is 2. The van der Waals surface area contributed by atoms with Crippen molar-refractivity contribution < 1.29 is 158 Å². The average Bonchev–Trinajstić information content (AvgIpc) is 3.04. The molecular weight excluding hydrogens is 534 g/mol. The minimum absolute atomic E-state index is 0. The molecule has 168 valence electrons. The van der Waals surface area contributed by atoms with Crippen molar-refractivity contribution in [3.05, 3.63) is 23.0 Å². The van der Waals surface area contributed by atoms with E-state index in [0.717, 1.165) is 0 Å². The van der Waals surface area contributed by atoms with Gasteiger partial charge in [-0.25, -0.2) is 9.59 Å². The van der Waals surface area contributed by atoms with Gasteiger partial charge in [-0.15, -0.1) is 0 Å². The van der Waals surface area contributed by atoms with Gasteiger partial charge in [0.05, 0.1) is 13.2 Å². The molecule has 0 bridgehead atoms. The molecule has 6 N–H and O–H groups in total. The topological polar surface area (TPSA) is 300 Å². The van der Waals surface area contributed by atoms with Gasteiger partial charge >= 0.3 is 131 Å². The van der Waals surface area contributed by atoms with Crippen LogP contribution in [0, 0.1) is 0 Å². The fraction of sp³-hybridized carbons (Fsp3) is 0.500. The van der Waals surface area contributed by atoms with Crippen LogP contribution in [0.2, 0.25) is 0 Å². The maximum atomic E-state index is 10.8. The number of hydrogen-bond donors (Lipinski definition) is 6. The van der Waals surface area contributed by atoms with Crippen LogP contribution >= 0.6 is 0 Å². The molecule has 0 saturated carbocycles. The summed E-state index contributed by atoms with van der Waals surface area (Å²) in [6.07, 6.45) is -5.90. The molecule has 4 atom stereocenters. The Bertz CT molecular complexity index is 728. The number of aliphatic hydroxyl groups is 6. The largest absolute Gasteiger partial charge is 2.00 e. The Balaban J connectivity index is -0.000000189. The summed E-state index contributed by atoms with van der Waals surface area (Å²) in [7, 11) is -5.17. The molecule has 2 aliphatic rings. The first-order valence-corrected chi connectivity index (χ1v) is 8.35. The van der Waals surface area contributed by atoms with E-state index < -0.39 is 83.0 Å². The Hall–Kier alpha value is 1.23. The molecule has 0 radical (unpaired) electrons. The van der Waals surface area contributed by atoms with Crippen molar-refractivity contribution in [2.45, 2.75) is 24.4 Å². The van der Waals surface area contributed by atoms with Crippen LogP contribution < -0.4 is 91.2 Å². The summed E-state index contributed by atoms with van der Waals surface area (Å²) in [5.41, 5.74) is 0. The number of cyclic esters (lactones) is 2. The summed E-state index contributed by atoms with van der Waals surface area (Å²) in [4.78, 5) is 21.0. The summed E-state index contributed by atoms with van der Waals surface area (Å²) >= 11 is 0. The van der Waals surface area contributed by atoms with Crippen molar-refractivity contribution in [3.63, 3.8) is 0 Å². The second-order valence-electron chi connectivity index (χ2n) is 4.99. The number of hydrogen-bond acceptors (Lipinski definition) is 16. The zero-order valence-electron chi connectivity index (χ0n) is 16.6. The van der Waals surface area contributed by atoms with Gasteiger partial charge in [0.2, 0.25) is 0 Å². The SMILES string of the molecule is O=C1O[C@H]([C@@H](O)CO)C([O-])=C1O.O=C1O[C@H]([C@@H](O)CO)C([O-])=C1O.O=S(=O)([O-])[O-].[Ca+2].[K+].[Na+]. The van der Waals surface area contributed by atoms with Crippen LogP contribution in [0.25, 0.3) is 0 Å². The molecule has 0 aromatic carbocycles. The van der Waals surface area contributed by atoms with Gasteiger partial charge in [-0.05, 0) is 11.5 Å². The average molecular weight is 548 g/mol. The molecule has 0 saturated heterocycles. The molecule has 0 aliphatic carbocycles. The van der Waals surface area contributed by atoms with E-state index in [1.807, 2.05) is 0 Å². The van der Waals surface area contributed by atoms with Crippen molar-refractivity contribution >= 4 is 60.1 Å². The second-order valence-corrected chi connectivity index (χ2v) is 5.80. The van der Waals surface area contributed by atoms with Gasteiger partial charge in [0.1, 0.15) is 24.4 Å². The van der Waals surface area contributed by atoms with Gasteiger partial charge in [-0.2, -0.15) is 0 Å². The Morgan fingerprint density at radius 2 is 1.06 bits per heavy atom. The number of carbonyl (C=O) groups excluding carboxylic acids is 2. The first-order chi connectivity index (χ1) is 13.1.